The van der Waals surface area contributed by atoms with Crippen LogP contribution in [0, 0.1) is 24.4 Å². The molecule has 4 rings (SSSR count). The molecule has 34 heavy (non-hydrogen) atoms. The lowest BCUT2D eigenvalue weighted by Gasteiger charge is -2.47. The zero-order valence-corrected chi connectivity index (χ0v) is 19.6. The van der Waals surface area contributed by atoms with Gasteiger partial charge in [0.25, 0.3) is 0 Å². The van der Waals surface area contributed by atoms with Crippen molar-refractivity contribution in [2.75, 3.05) is 6.54 Å². The summed E-state index contributed by atoms with van der Waals surface area (Å²) in [6, 6.07) is 11.2. The predicted molar refractivity (Wildman–Crippen MR) is 123 cm³/mol. The summed E-state index contributed by atoms with van der Waals surface area (Å²) in [5.41, 5.74) is 8.61. The summed E-state index contributed by atoms with van der Waals surface area (Å²) in [5, 5.41) is 4.68. The zero-order valence-electron chi connectivity index (χ0n) is 19.6. The lowest BCUT2D eigenvalue weighted by atomic mass is 9.82. The number of aryl methyl sites for hydroxylation is 3. The number of rotatable bonds is 7. The van der Waals surface area contributed by atoms with Gasteiger partial charge in [-0.3, -0.25) is 14.4 Å². The number of hydrogen-bond donors (Lipinski definition) is 1. The van der Waals surface area contributed by atoms with E-state index < -0.39 is 28.9 Å². The van der Waals surface area contributed by atoms with Gasteiger partial charge in [-0.05, 0) is 50.8 Å². The van der Waals surface area contributed by atoms with Crippen LogP contribution < -0.4 is 5.73 Å². The first-order chi connectivity index (χ1) is 16.2. The van der Waals surface area contributed by atoms with Crippen LogP contribution >= 0.6 is 0 Å². The van der Waals surface area contributed by atoms with Crippen molar-refractivity contribution >= 4 is 5.91 Å². The molecule has 0 saturated carbocycles. The van der Waals surface area contributed by atoms with Crippen molar-refractivity contribution in [3.8, 4) is 0 Å². The molecule has 0 saturated heterocycles. The summed E-state index contributed by atoms with van der Waals surface area (Å²) in [6.45, 7) is 6.98. The quantitative estimate of drug-likeness (QED) is 0.515. The van der Waals surface area contributed by atoms with Gasteiger partial charge in [-0.15, -0.1) is 0 Å². The van der Waals surface area contributed by atoms with E-state index in [1.165, 1.54) is 6.07 Å². The molecule has 0 spiro atoms. The molecule has 5 nitrogen and oxygen atoms in total. The Morgan fingerprint density at radius 1 is 1.15 bits per heavy atom. The third-order valence-corrected chi connectivity index (χ3v) is 7.07. The van der Waals surface area contributed by atoms with Crippen molar-refractivity contribution in [2.45, 2.75) is 58.2 Å². The number of carbonyl (C=O) groups is 1. The molecular formula is C26H29F3N4O. The standard InChI is InChI=1S/C26H29F3N4O/c1-4-33-21-14-15-32(26(3,25(30)34)18-8-6-5-7-9-18)20(22(21)16(2)31-33)13-11-17-10-12-19(27)24(29)23(17)28/h5-10,12,20H,4,11,13-15H2,1-3H3,(H2,30,34). The highest BCUT2D eigenvalue weighted by atomic mass is 19.2. The Morgan fingerprint density at radius 2 is 1.85 bits per heavy atom. The zero-order chi connectivity index (χ0) is 24.6. The van der Waals surface area contributed by atoms with Gasteiger partial charge in [0.1, 0.15) is 5.54 Å². The summed E-state index contributed by atoms with van der Waals surface area (Å²) in [6.07, 6.45) is 1.21. The number of hydrogen-bond acceptors (Lipinski definition) is 3. The van der Waals surface area contributed by atoms with Crippen LogP contribution in [-0.2, 0) is 29.7 Å². The van der Waals surface area contributed by atoms with Gasteiger partial charge in [-0.25, -0.2) is 13.2 Å². The van der Waals surface area contributed by atoms with E-state index in [2.05, 4.69) is 10.00 Å². The number of aromatic nitrogens is 2. The second kappa shape index (κ2) is 9.25. The normalized spacial score (nSPS) is 17.9. The molecule has 2 N–H and O–H groups in total. The van der Waals surface area contributed by atoms with Crippen LogP contribution in [0.4, 0.5) is 13.2 Å². The van der Waals surface area contributed by atoms with Crippen LogP contribution in [0.25, 0.3) is 0 Å². The summed E-state index contributed by atoms with van der Waals surface area (Å²) < 4.78 is 43.7. The topological polar surface area (TPSA) is 64.2 Å². The van der Waals surface area contributed by atoms with Crippen LogP contribution in [0.2, 0.25) is 0 Å². The molecular weight excluding hydrogens is 441 g/mol. The fourth-order valence-electron chi connectivity index (χ4n) is 5.24. The number of carbonyl (C=O) groups excluding carboxylic acids is 1. The van der Waals surface area contributed by atoms with E-state index in [4.69, 9.17) is 5.73 Å². The first-order valence-corrected chi connectivity index (χ1v) is 11.5. The molecule has 1 amide bonds. The van der Waals surface area contributed by atoms with Gasteiger partial charge in [-0.2, -0.15) is 5.10 Å². The molecule has 0 fully saturated rings. The molecule has 1 aliphatic rings. The van der Waals surface area contributed by atoms with Gasteiger partial charge in [0.2, 0.25) is 5.91 Å². The van der Waals surface area contributed by atoms with Crippen molar-refractivity contribution in [3.63, 3.8) is 0 Å². The Labute approximate surface area is 197 Å². The number of amides is 1. The predicted octanol–water partition coefficient (Wildman–Crippen LogP) is 4.56. The fourth-order valence-corrected chi connectivity index (χ4v) is 5.24. The molecule has 2 unspecified atom stereocenters. The SMILES string of the molecule is CCn1nc(C)c2c1CCN(C(C)(C(N)=O)c1ccccc1)C2CCc1ccc(F)c(F)c1F. The van der Waals surface area contributed by atoms with E-state index in [0.29, 0.717) is 25.9 Å². The van der Waals surface area contributed by atoms with Crippen molar-refractivity contribution in [3.05, 3.63) is 88.0 Å². The molecule has 1 aliphatic heterocycles. The van der Waals surface area contributed by atoms with Crippen molar-refractivity contribution in [1.82, 2.24) is 14.7 Å². The highest BCUT2D eigenvalue weighted by Crippen LogP contribution is 2.43. The highest BCUT2D eigenvalue weighted by Gasteiger charge is 2.46. The highest BCUT2D eigenvalue weighted by molar-refractivity contribution is 5.86. The molecule has 8 heteroatoms. The average Bonchev–Trinajstić information content (AvgIpc) is 3.17. The van der Waals surface area contributed by atoms with E-state index >= 15 is 0 Å². The van der Waals surface area contributed by atoms with E-state index in [9.17, 15) is 18.0 Å². The third kappa shape index (κ3) is 3.90. The maximum absolute atomic E-state index is 14.5. The second-order valence-electron chi connectivity index (χ2n) is 8.90. The molecule has 1 aromatic heterocycles. The summed E-state index contributed by atoms with van der Waals surface area (Å²) >= 11 is 0. The Bertz CT molecular complexity index is 1210. The van der Waals surface area contributed by atoms with Gasteiger partial charge in [-0.1, -0.05) is 36.4 Å². The number of primary amides is 1. The number of nitrogens with zero attached hydrogens (tertiary/aromatic N) is 3. The van der Waals surface area contributed by atoms with Crippen molar-refractivity contribution in [2.24, 2.45) is 5.73 Å². The number of halogens is 3. The Balaban J connectivity index is 1.80. The maximum Gasteiger partial charge on any atom is 0.242 e. The fraction of sp³-hybridized carbons (Fsp3) is 0.385. The molecule has 0 radical (unpaired) electrons. The molecule has 0 bridgehead atoms. The molecule has 0 aliphatic carbocycles. The van der Waals surface area contributed by atoms with Crippen LogP contribution in [0.5, 0.6) is 0 Å². The number of benzene rings is 2. The molecule has 3 aromatic rings. The van der Waals surface area contributed by atoms with E-state index in [1.54, 1.807) is 6.92 Å². The van der Waals surface area contributed by atoms with Crippen LogP contribution in [0.15, 0.2) is 42.5 Å². The van der Waals surface area contributed by atoms with Crippen molar-refractivity contribution in [1.29, 1.82) is 0 Å². The smallest absolute Gasteiger partial charge is 0.242 e. The minimum Gasteiger partial charge on any atom is -0.368 e. The summed E-state index contributed by atoms with van der Waals surface area (Å²) in [5.74, 6) is -4.36. The average molecular weight is 471 g/mol. The molecule has 2 aromatic carbocycles. The Kier molecular flexibility index (Phi) is 6.53. The van der Waals surface area contributed by atoms with Gasteiger partial charge in [0.05, 0.1) is 5.69 Å². The van der Waals surface area contributed by atoms with Crippen LogP contribution in [-0.4, -0.2) is 27.1 Å². The summed E-state index contributed by atoms with van der Waals surface area (Å²) in [4.78, 5) is 15.0. The lowest BCUT2D eigenvalue weighted by Crippen LogP contribution is -2.56. The third-order valence-electron chi connectivity index (χ3n) is 7.07. The Hall–Kier alpha value is -3.13. The first kappa shape index (κ1) is 24.0. The minimum absolute atomic E-state index is 0.0898. The van der Waals surface area contributed by atoms with Gasteiger partial charge in [0.15, 0.2) is 17.5 Å². The van der Waals surface area contributed by atoms with Crippen molar-refractivity contribution < 1.29 is 18.0 Å². The lowest BCUT2D eigenvalue weighted by molar-refractivity contribution is -0.132. The van der Waals surface area contributed by atoms with E-state index in [0.717, 1.165) is 28.6 Å². The Morgan fingerprint density at radius 3 is 2.50 bits per heavy atom. The van der Waals surface area contributed by atoms with Gasteiger partial charge >= 0.3 is 0 Å². The molecule has 2 heterocycles. The van der Waals surface area contributed by atoms with E-state index in [-0.39, 0.29) is 18.0 Å². The monoisotopic (exact) mass is 470 g/mol. The van der Waals surface area contributed by atoms with E-state index in [1.807, 2.05) is 48.9 Å². The number of nitrogens with two attached hydrogens (primary N) is 1. The summed E-state index contributed by atoms with van der Waals surface area (Å²) in [7, 11) is 0. The van der Waals surface area contributed by atoms with Crippen LogP contribution in [0.3, 0.4) is 0 Å². The first-order valence-electron chi connectivity index (χ1n) is 11.5. The van der Waals surface area contributed by atoms with Gasteiger partial charge < -0.3 is 5.73 Å². The second-order valence-corrected chi connectivity index (χ2v) is 8.90. The maximum atomic E-state index is 14.5. The minimum atomic E-state index is -1.47. The van der Waals surface area contributed by atoms with Crippen LogP contribution in [0.1, 0.15) is 54.4 Å². The number of fused-ring (bicyclic) bond motifs is 1. The van der Waals surface area contributed by atoms with Gasteiger partial charge in [0, 0.05) is 36.8 Å². The molecule has 180 valence electrons. The largest absolute Gasteiger partial charge is 0.368 e. The molecule has 2 atom stereocenters.